The molecule has 0 aromatic carbocycles. The Morgan fingerprint density at radius 3 is 2.00 bits per heavy atom. The number of sulfone groups is 1. The van der Waals surface area contributed by atoms with Crippen LogP contribution in [-0.4, -0.2) is 40.4 Å². The van der Waals surface area contributed by atoms with E-state index >= 15 is 0 Å². The van der Waals surface area contributed by atoms with E-state index in [0.717, 1.165) is 0 Å². The molecule has 0 heterocycles. The standard InChI is InChI=1S/C9H20O4S/c1-8(2)5-6-14(10,11)7-9(12-3)13-4/h8-9H,5-7H2,1-4H3. The Morgan fingerprint density at radius 2 is 1.64 bits per heavy atom. The monoisotopic (exact) mass is 224 g/mol. The summed E-state index contributed by atoms with van der Waals surface area (Å²) in [6, 6.07) is 0. The van der Waals surface area contributed by atoms with Crippen LogP contribution in [-0.2, 0) is 19.3 Å². The maximum Gasteiger partial charge on any atom is 0.170 e. The molecule has 0 fully saturated rings. The van der Waals surface area contributed by atoms with Crippen molar-refractivity contribution < 1.29 is 17.9 Å². The van der Waals surface area contributed by atoms with E-state index in [2.05, 4.69) is 0 Å². The molecule has 0 amide bonds. The minimum Gasteiger partial charge on any atom is -0.355 e. The highest BCUT2D eigenvalue weighted by Gasteiger charge is 2.18. The molecule has 0 atom stereocenters. The number of methoxy groups -OCH3 is 2. The number of rotatable bonds is 7. The lowest BCUT2D eigenvalue weighted by Crippen LogP contribution is -2.26. The van der Waals surface area contributed by atoms with E-state index in [1.165, 1.54) is 14.2 Å². The zero-order chi connectivity index (χ0) is 11.2. The van der Waals surface area contributed by atoms with E-state index in [1.54, 1.807) is 0 Å². The van der Waals surface area contributed by atoms with Crippen molar-refractivity contribution in [3.63, 3.8) is 0 Å². The van der Waals surface area contributed by atoms with Gasteiger partial charge in [0, 0.05) is 14.2 Å². The third-order valence-electron chi connectivity index (χ3n) is 1.92. The van der Waals surface area contributed by atoms with Gasteiger partial charge in [-0.15, -0.1) is 0 Å². The zero-order valence-electron chi connectivity index (χ0n) is 9.32. The predicted octanol–water partition coefficient (Wildman–Crippen LogP) is 1.07. The van der Waals surface area contributed by atoms with E-state index in [4.69, 9.17) is 9.47 Å². The van der Waals surface area contributed by atoms with Gasteiger partial charge in [-0.3, -0.25) is 0 Å². The molecule has 0 aliphatic rings. The molecule has 0 aliphatic heterocycles. The highest BCUT2D eigenvalue weighted by molar-refractivity contribution is 7.91. The van der Waals surface area contributed by atoms with Crippen LogP contribution in [0.2, 0.25) is 0 Å². The van der Waals surface area contributed by atoms with Crippen molar-refractivity contribution in [2.24, 2.45) is 5.92 Å². The van der Waals surface area contributed by atoms with Crippen LogP contribution in [0.4, 0.5) is 0 Å². The molecule has 0 bridgehead atoms. The molecule has 0 radical (unpaired) electrons. The van der Waals surface area contributed by atoms with Gasteiger partial charge in [-0.25, -0.2) is 8.42 Å². The average Bonchev–Trinajstić information content (AvgIpc) is 2.11. The van der Waals surface area contributed by atoms with Crippen molar-refractivity contribution >= 4 is 9.84 Å². The molecule has 0 spiro atoms. The van der Waals surface area contributed by atoms with Gasteiger partial charge in [0.2, 0.25) is 0 Å². The lowest BCUT2D eigenvalue weighted by atomic mass is 10.2. The second-order valence-corrected chi connectivity index (χ2v) is 5.93. The van der Waals surface area contributed by atoms with Crippen molar-refractivity contribution in [2.45, 2.75) is 26.6 Å². The summed E-state index contributed by atoms with van der Waals surface area (Å²) in [4.78, 5) is 0. The number of hydrogen-bond acceptors (Lipinski definition) is 4. The third-order valence-corrected chi connectivity index (χ3v) is 3.56. The zero-order valence-corrected chi connectivity index (χ0v) is 10.1. The highest BCUT2D eigenvalue weighted by atomic mass is 32.2. The molecule has 0 aromatic heterocycles. The first kappa shape index (κ1) is 13.9. The molecule has 0 aliphatic carbocycles. The van der Waals surface area contributed by atoms with E-state index in [-0.39, 0.29) is 11.5 Å². The molecule has 14 heavy (non-hydrogen) atoms. The van der Waals surface area contributed by atoms with Gasteiger partial charge in [-0.05, 0) is 12.3 Å². The van der Waals surface area contributed by atoms with E-state index in [9.17, 15) is 8.42 Å². The molecule has 0 aromatic rings. The maximum absolute atomic E-state index is 11.5. The van der Waals surface area contributed by atoms with E-state index in [0.29, 0.717) is 12.3 Å². The quantitative estimate of drug-likeness (QED) is 0.607. The van der Waals surface area contributed by atoms with Crippen molar-refractivity contribution in [2.75, 3.05) is 25.7 Å². The van der Waals surface area contributed by atoms with Gasteiger partial charge in [0.15, 0.2) is 16.1 Å². The summed E-state index contributed by atoms with van der Waals surface area (Å²) in [5, 5.41) is 0. The SMILES string of the molecule is COC(CS(=O)(=O)CCC(C)C)OC. The molecule has 5 heteroatoms. The van der Waals surface area contributed by atoms with E-state index < -0.39 is 16.1 Å². The number of hydrogen-bond donors (Lipinski definition) is 0. The van der Waals surface area contributed by atoms with Crippen LogP contribution in [0.15, 0.2) is 0 Å². The normalized spacial score (nSPS) is 12.7. The molecular formula is C9H20O4S. The van der Waals surface area contributed by atoms with Gasteiger partial charge in [-0.2, -0.15) is 0 Å². The van der Waals surface area contributed by atoms with Crippen LogP contribution in [0.1, 0.15) is 20.3 Å². The second-order valence-electron chi connectivity index (χ2n) is 3.70. The minimum absolute atomic E-state index is 0.0628. The van der Waals surface area contributed by atoms with Gasteiger partial charge in [0.1, 0.15) is 5.75 Å². The molecule has 86 valence electrons. The van der Waals surface area contributed by atoms with Crippen molar-refractivity contribution in [3.05, 3.63) is 0 Å². The van der Waals surface area contributed by atoms with Gasteiger partial charge in [0.25, 0.3) is 0 Å². The van der Waals surface area contributed by atoms with Gasteiger partial charge >= 0.3 is 0 Å². The second kappa shape index (κ2) is 6.37. The van der Waals surface area contributed by atoms with Crippen LogP contribution in [0.3, 0.4) is 0 Å². The van der Waals surface area contributed by atoms with Gasteiger partial charge in [-0.1, -0.05) is 13.8 Å². The smallest absolute Gasteiger partial charge is 0.170 e. The first-order valence-corrected chi connectivity index (χ1v) is 6.49. The Bertz CT molecular complexity index is 229. The van der Waals surface area contributed by atoms with Crippen LogP contribution < -0.4 is 0 Å². The average molecular weight is 224 g/mol. The molecule has 0 saturated carbocycles. The van der Waals surface area contributed by atoms with Crippen molar-refractivity contribution in [1.82, 2.24) is 0 Å². The fourth-order valence-electron chi connectivity index (χ4n) is 0.938. The molecular weight excluding hydrogens is 204 g/mol. The van der Waals surface area contributed by atoms with Crippen LogP contribution in [0.5, 0.6) is 0 Å². The molecule has 0 unspecified atom stereocenters. The summed E-state index contributed by atoms with van der Waals surface area (Å²) in [6.45, 7) is 4.00. The first-order chi connectivity index (χ1) is 6.41. The summed E-state index contributed by atoms with van der Waals surface area (Å²) in [7, 11) is -0.177. The Kier molecular flexibility index (Phi) is 6.31. The Labute approximate surface area is 86.5 Å². The van der Waals surface area contributed by atoms with Gasteiger partial charge in [0.05, 0.1) is 5.75 Å². The molecule has 4 nitrogen and oxygen atoms in total. The number of ether oxygens (including phenoxy) is 2. The molecule has 0 saturated heterocycles. The topological polar surface area (TPSA) is 52.6 Å². The summed E-state index contributed by atoms with van der Waals surface area (Å²) in [6.07, 6.45) is 0.0369. The lowest BCUT2D eigenvalue weighted by molar-refractivity contribution is -0.0851. The van der Waals surface area contributed by atoms with Crippen molar-refractivity contribution in [1.29, 1.82) is 0 Å². The highest BCUT2D eigenvalue weighted by Crippen LogP contribution is 2.06. The summed E-state index contributed by atoms with van der Waals surface area (Å²) in [5.74, 6) is 0.536. The minimum atomic E-state index is -3.05. The fraction of sp³-hybridized carbons (Fsp3) is 1.00. The van der Waals surface area contributed by atoms with Crippen LogP contribution in [0.25, 0.3) is 0 Å². The molecule has 0 rings (SSSR count). The van der Waals surface area contributed by atoms with Crippen LogP contribution >= 0.6 is 0 Å². The van der Waals surface area contributed by atoms with Crippen molar-refractivity contribution in [3.8, 4) is 0 Å². The van der Waals surface area contributed by atoms with Crippen LogP contribution in [0, 0.1) is 5.92 Å². The maximum atomic E-state index is 11.5. The first-order valence-electron chi connectivity index (χ1n) is 4.67. The third kappa shape index (κ3) is 6.34. The van der Waals surface area contributed by atoms with Gasteiger partial charge < -0.3 is 9.47 Å². The Morgan fingerprint density at radius 1 is 1.14 bits per heavy atom. The Hall–Kier alpha value is -0.130. The Balaban J connectivity index is 4.06. The summed E-state index contributed by atoms with van der Waals surface area (Å²) in [5.41, 5.74) is 0. The summed E-state index contributed by atoms with van der Waals surface area (Å²) >= 11 is 0. The molecule has 0 N–H and O–H groups in total. The lowest BCUT2D eigenvalue weighted by Gasteiger charge is -2.13. The largest absolute Gasteiger partial charge is 0.355 e. The van der Waals surface area contributed by atoms with E-state index in [1.807, 2.05) is 13.8 Å². The fourth-order valence-corrected chi connectivity index (χ4v) is 2.62. The summed E-state index contributed by atoms with van der Waals surface area (Å²) < 4.78 is 32.7. The predicted molar refractivity (Wildman–Crippen MR) is 55.9 cm³/mol.